The largest absolute Gasteiger partial charge is 0.491 e. The molecule has 1 heterocycles. The first-order chi connectivity index (χ1) is 14.8. The first-order valence-corrected chi connectivity index (χ1v) is 13.1. The van der Waals surface area contributed by atoms with Crippen LogP contribution in [0.5, 0.6) is 5.75 Å². The Hall–Kier alpha value is -2.03. The predicted octanol–water partition coefficient (Wildman–Crippen LogP) is 3.62. The van der Waals surface area contributed by atoms with E-state index >= 15 is 0 Å². The van der Waals surface area contributed by atoms with Crippen molar-refractivity contribution in [2.45, 2.75) is 36.5 Å². The molecule has 1 N–H and O–H groups in total. The zero-order chi connectivity index (χ0) is 22.4. The maximum Gasteiger partial charge on any atom is 0.243 e. The first kappa shape index (κ1) is 23.6. The van der Waals surface area contributed by atoms with Crippen LogP contribution < -0.4 is 10.1 Å². The summed E-state index contributed by atoms with van der Waals surface area (Å²) in [6.07, 6.45) is 2.99. The number of sulfonamides is 1. The summed E-state index contributed by atoms with van der Waals surface area (Å²) in [7, 11) is -3.52. The molecule has 168 valence electrons. The van der Waals surface area contributed by atoms with Crippen molar-refractivity contribution in [3.63, 3.8) is 0 Å². The summed E-state index contributed by atoms with van der Waals surface area (Å²) < 4.78 is 33.0. The number of ether oxygens (including phenoxy) is 1. The number of thioether (sulfide) groups is 1. The maximum atomic E-state index is 12.9. The summed E-state index contributed by atoms with van der Waals surface area (Å²) in [5.41, 5.74) is 2.26. The fourth-order valence-electron chi connectivity index (χ4n) is 3.70. The summed E-state index contributed by atoms with van der Waals surface area (Å²) in [5, 5.41) is 2.92. The molecule has 1 saturated heterocycles. The molecule has 0 spiro atoms. The third-order valence-electron chi connectivity index (χ3n) is 5.51. The molecule has 0 aliphatic carbocycles. The molecular weight excluding hydrogens is 432 g/mol. The van der Waals surface area contributed by atoms with Crippen molar-refractivity contribution in [3.05, 3.63) is 53.6 Å². The van der Waals surface area contributed by atoms with Crippen molar-refractivity contribution in [1.29, 1.82) is 0 Å². The molecule has 1 fully saturated rings. The Morgan fingerprint density at radius 3 is 2.42 bits per heavy atom. The topological polar surface area (TPSA) is 75.7 Å². The molecule has 31 heavy (non-hydrogen) atoms. The third kappa shape index (κ3) is 6.02. The van der Waals surface area contributed by atoms with Crippen molar-refractivity contribution in [1.82, 2.24) is 9.62 Å². The number of amides is 1. The van der Waals surface area contributed by atoms with Crippen molar-refractivity contribution in [2.24, 2.45) is 5.92 Å². The molecule has 0 atom stereocenters. The molecule has 1 amide bonds. The Morgan fingerprint density at radius 2 is 1.81 bits per heavy atom. The van der Waals surface area contributed by atoms with Crippen LogP contribution in [-0.4, -0.2) is 51.1 Å². The minimum absolute atomic E-state index is 0.0365. The van der Waals surface area contributed by atoms with Crippen LogP contribution in [0, 0.1) is 19.8 Å². The summed E-state index contributed by atoms with van der Waals surface area (Å²) >= 11 is 1.57. The predicted molar refractivity (Wildman–Crippen MR) is 124 cm³/mol. The molecule has 0 bridgehead atoms. The Bertz CT molecular complexity index is 999. The normalized spacial score (nSPS) is 15.6. The Kier molecular flexibility index (Phi) is 8.02. The molecule has 0 unspecified atom stereocenters. The van der Waals surface area contributed by atoms with Gasteiger partial charge in [0.1, 0.15) is 12.4 Å². The average molecular weight is 463 g/mol. The molecular formula is C23H30N2O4S2. The summed E-state index contributed by atoms with van der Waals surface area (Å²) in [6, 6.07) is 12.9. The highest BCUT2D eigenvalue weighted by Gasteiger charge is 2.31. The minimum atomic E-state index is -3.52. The SMILES string of the molecule is CSc1ccc(S(=O)(=O)N2CCC(C(=O)NCCOc3ccc(C)cc3C)CC2)cc1. The van der Waals surface area contributed by atoms with Gasteiger partial charge in [-0.25, -0.2) is 8.42 Å². The van der Waals surface area contributed by atoms with Crippen LogP contribution in [0.1, 0.15) is 24.0 Å². The van der Waals surface area contributed by atoms with Crippen LogP contribution in [0.4, 0.5) is 0 Å². The van der Waals surface area contributed by atoms with Crippen LogP contribution >= 0.6 is 11.8 Å². The second kappa shape index (κ2) is 10.5. The molecule has 0 radical (unpaired) electrons. The van der Waals surface area contributed by atoms with Gasteiger partial charge in [0.25, 0.3) is 0 Å². The lowest BCUT2D eigenvalue weighted by atomic mass is 9.97. The quantitative estimate of drug-likeness (QED) is 0.479. The van der Waals surface area contributed by atoms with Crippen molar-refractivity contribution in [2.75, 3.05) is 32.5 Å². The van der Waals surface area contributed by atoms with Crippen LogP contribution in [0.25, 0.3) is 0 Å². The second-order valence-electron chi connectivity index (χ2n) is 7.76. The van der Waals surface area contributed by atoms with E-state index in [9.17, 15) is 13.2 Å². The van der Waals surface area contributed by atoms with Crippen LogP contribution in [0.15, 0.2) is 52.3 Å². The van der Waals surface area contributed by atoms with E-state index in [2.05, 4.69) is 11.4 Å². The van der Waals surface area contributed by atoms with Gasteiger partial charge in [0, 0.05) is 23.9 Å². The van der Waals surface area contributed by atoms with E-state index in [1.807, 2.05) is 44.4 Å². The number of benzene rings is 2. The fraction of sp³-hybridized carbons (Fsp3) is 0.435. The summed E-state index contributed by atoms with van der Waals surface area (Å²) in [6.45, 7) is 5.56. The highest BCUT2D eigenvalue weighted by Crippen LogP contribution is 2.25. The van der Waals surface area contributed by atoms with E-state index in [1.165, 1.54) is 9.87 Å². The fourth-order valence-corrected chi connectivity index (χ4v) is 5.57. The van der Waals surface area contributed by atoms with E-state index in [4.69, 9.17) is 4.74 Å². The number of nitrogens with zero attached hydrogens (tertiary/aromatic N) is 1. The number of hydrogen-bond acceptors (Lipinski definition) is 5. The van der Waals surface area contributed by atoms with E-state index < -0.39 is 10.0 Å². The number of nitrogens with one attached hydrogen (secondary N) is 1. The number of carbonyl (C=O) groups is 1. The van der Waals surface area contributed by atoms with Gasteiger partial charge in [0.05, 0.1) is 11.4 Å². The van der Waals surface area contributed by atoms with Gasteiger partial charge >= 0.3 is 0 Å². The summed E-state index contributed by atoms with van der Waals surface area (Å²) in [5.74, 6) is 0.612. The number of rotatable bonds is 8. The van der Waals surface area contributed by atoms with E-state index in [0.29, 0.717) is 44.0 Å². The van der Waals surface area contributed by atoms with Crippen molar-refractivity contribution in [3.8, 4) is 5.75 Å². The molecule has 1 aliphatic heterocycles. The zero-order valence-corrected chi connectivity index (χ0v) is 19.9. The van der Waals surface area contributed by atoms with Crippen LogP contribution in [0.3, 0.4) is 0 Å². The van der Waals surface area contributed by atoms with E-state index in [0.717, 1.165) is 16.2 Å². The Labute approximate surface area is 189 Å². The highest BCUT2D eigenvalue weighted by atomic mass is 32.2. The lowest BCUT2D eigenvalue weighted by molar-refractivity contribution is -0.126. The molecule has 1 aliphatic rings. The number of aryl methyl sites for hydroxylation is 2. The smallest absolute Gasteiger partial charge is 0.243 e. The number of piperidine rings is 1. The van der Waals surface area contributed by atoms with Gasteiger partial charge in [-0.05, 0) is 68.8 Å². The molecule has 2 aromatic carbocycles. The van der Waals surface area contributed by atoms with Gasteiger partial charge < -0.3 is 10.1 Å². The van der Waals surface area contributed by atoms with Gasteiger partial charge in [0.15, 0.2) is 0 Å². The van der Waals surface area contributed by atoms with Crippen molar-refractivity contribution >= 4 is 27.7 Å². The number of carbonyl (C=O) groups excluding carboxylic acids is 1. The monoisotopic (exact) mass is 462 g/mol. The first-order valence-electron chi connectivity index (χ1n) is 10.4. The Balaban J connectivity index is 1.44. The lowest BCUT2D eigenvalue weighted by Gasteiger charge is -2.30. The number of hydrogen-bond donors (Lipinski definition) is 1. The van der Waals surface area contributed by atoms with Gasteiger partial charge in [0.2, 0.25) is 15.9 Å². The van der Waals surface area contributed by atoms with Crippen LogP contribution in [0.2, 0.25) is 0 Å². The highest BCUT2D eigenvalue weighted by molar-refractivity contribution is 7.98. The molecule has 3 rings (SSSR count). The van der Waals surface area contributed by atoms with Crippen molar-refractivity contribution < 1.29 is 17.9 Å². The van der Waals surface area contributed by atoms with Gasteiger partial charge in [-0.2, -0.15) is 4.31 Å². The molecule has 6 nitrogen and oxygen atoms in total. The molecule has 0 saturated carbocycles. The molecule has 0 aromatic heterocycles. The Morgan fingerprint density at radius 1 is 1.13 bits per heavy atom. The standard InChI is InChI=1S/C23H30N2O4S2/c1-17-4-9-22(18(2)16-17)29-15-12-24-23(26)19-10-13-25(14-11-19)31(27,28)21-7-5-20(30-3)6-8-21/h4-9,16,19H,10-15H2,1-3H3,(H,24,26). The molecule has 2 aromatic rings. The van der Waals surface area contributed by atoms with E-state index in [-0.39, 0.29) is 11.8 Å². The third-order valence-corrected chi connectivity index (χ3v) is 8.17. The minimum Gasteiger partial charge on any atom is -0.491 e. The van der Waals surface area contributed by atoms with Gasteiger partial charge in [-0.15, -0.1) is 11.8 Å². The molecule has 8 heteroatoms. The maximum absolute atomic E-state index is 12.9. The zero-order valence-electron chi connectivity index (χ0n) is 18.3. The van der Waals surface area contributed by atoms with Gasteiger partial charge in [-0.3, -0.25) is 4.79 Å². The van der Waals surface area contributed by atoms with E-state index in [1.54, 1.807) is 23.9 Å². The lowest BCUT2D eigenvalue weighted by Crippen LogP contribution is -2.43. The van der Waals surface area contributed by atoms with Crippen LogP contribution in [-0.2, 0) is 14.8 Å². The van der Waals surface area contributed by atoms with Gasteiger partial charge in [-0.1, -0.05) is 17.7 Å². The average Bonchev–Trinajstić information content (AvgIpc) is 2.78. The summed E-state index contributed by atoms with van der Waals surface area (Å²) in [4.78, 5) is 13.8. The second-order valence-corrected chi connectivity index (χ2v) is 10.6.